The number of ether oxygens (including phenoxy) is 4. The lowest BCUT2D eigenvalue weighted by molar-refractivity contribution is -0.380. The summed E-state index contributed by atoms with van der Waals surface area (Å²) in [5, 5.41) is 0. The molecule has 0 saturated carbocycles. The molecule has 0 aliphatic heterocycles. The molecule has 0 aliphatic rings. The van der Waals surface area contributed by atoms with Gasteiger partial charge in [0, 0.05) is 32.8 Å². The standard InChI is InChI=1S/C20H38O5/c1-8-12-17(20(22-5,23-6)24-7)14-10-11-15-18(13-9-2)25-19(21)16(3)4/h17-18H,3,8-15H2,1-2,4-7H3. The van der Waals surface area contributed by atoms with Gasteiger partial charge in [-0.05, 0) is 39.0 Å². The van der Waals surface area contributed by atoms with Gasteiger partial charge in [-0.15, -0.1) is 0 Å². The van der Waals surface area contributed by atoms with Crippen LogP contribution in [0.15, 0.2) is 12.2 Å². The first-order chi connectivity index (χ1) is 11.9. The van der Waals surface area contributed by atoms with Crippen LogP contribution in [0.4, 0.5) is 0 Å². The molecule has 0 bridgehead atoms. The summed E-state index contributed by atoms with van der Waals surface area (Å²) in [6.07, 6.45) is 7.66. The highest BCUT2D eigenvalue weighted by Gasteiger charge is 2.38. The van der Waals surface area contributed by atoms with Crippen molar-refractivity contribution in [3.05, 3.63) is 12.2 Å². The van der Waals surface area contributed by atoms with Crippen molar-refractivity contribution in [2.24, 2.45) is 5.92 Å². The maximum Gasteiger partial charge on any atom is 0.333 e. The van der Waals surface area contributed by atoms with Crippen LogP contribution < -0.4 is 0 Å². The molecule has 5 heteroatoms. The molecule has 0 fully saturated rings. The number of esters is 1. The molecule has 0 amide bonds. The summed E-state index contributed by atoms with van der Waals surface area (Å²) in [5.74, 6) is -1.11. The van der Waals surface area contributed by atoms with E-state index in [1.165, 1.54) is 0 Å². The van der Waals surface area contributed by atoms with Gasteiger partial charge in [0.15, 0.2) is 0 Å². The molecule has 0 aliphatic carbocycles. The summed E-state index contributed by atoms with van der Waals surface area (Å²) in [4.78, 5) is 11.7. The number of carbonyl (C=O) groups excluding carboxylic acids is 1. The minimum absolute atomic E-state index is 0.0316. The summed E-state index contributed by atoms with van der Waals surface area (Å²) in [7, 11) is 4.85. The normalized spacial score (nSPS) is 14.2. The SMILES string of the molecule is C=C(C)C(=O)OC(CCC)CCCCC(CCC)C(OC)(OC)OC. The molecule has 0 radical (unpaired) electrons. The van der Waals surface area contributed by atoms with Crippen LogP contribution in [-0.2, 0) is 23.7 Å². The monoisotopic (exact) mass is 358 g/mol. The van der Waals surface area contributed by atoms with Crippen molar-refractivity contribution < 1.29 is 23.7 Å². The Hall–Kier alpha value is -0.910. The molecule has 0 aromatic carbocycles. The fraction of sp³-hybridized carbons (Fsp3) is 0.850. The molecular formula is C20H38O5. The maximum absolute atomic E-state index is 11.7. The Labute approximate surface area is 154 Å². The second-order valence-electron chi connectivity index (χ2n) is 6.58. The fourth-order valence-electron chi connectivity index (χ4n) is 3.20. The summed E-state index contributed by atoms with van der Waals surface area (Å²) < 4.78 is 22.1. The molecule has 0 aromatic rings. The zero-order valence-electron chi connectivity index (χ0n) is 17.1. The van der Waals surface area contributed by atoms with Crippen LogP contribution in [0.5, 0.6) is 0 Å². The van der Waals surface area contributed by atoms with Gasteiger partial charge < -0.3 is 18.9 Å². The molecule has 2 unspecified atom stereocenters. The Kier molecular flexibility index (Phi) is 12.8. The van der Waals surface area contributed by atoms with Crippen LogP contribution >= 0.6 is 0 Å². The lowest BCUT2D eigenvalue weighted by atomic mass is 9.93. The molecular weight excluding hydrogens is 320 g/mol. The van der Waals surface area contributed by atoms with Crippen LogP contribution in [-0.4, -0.2) is 39.4 Å². The van der Waals surface area contributed by atoms with Crippen molar-refractivity contribution in [1.82, 2.24) is 0 Å². The molecule has 2 atom stereocenters. The van der Waals surface area contributed by atoms with E-state index in [1.54, 1.807) is 28.3 Å². The predicted octanol–water partition coefficient (Wildman–Crippen LogP) is 4.84. The highest BCUT2D eigenvalue weighted by Crippen LogP contribution is 2.32. The second-order valence-corrected chi connectivity index (χ2v) is 6.58. The smallest absolute Gasteiger partial charge is 0.333 e. The second kappa shape index (κ2) is 13.3. The Morgan fingerprint density at radius 2 is 1.44 bits per heavy atom. The van der Waals surface area contributed by atoms with Crippen molar-refractivity contribution in [2.45, 2.75) is 84.2 Å². The lowest BCUT2D eigenvalue weighted by Crippen LogP contribution is -2.44. The van der Waals surface area contributed by atoms with Crippen molar-refractivity contribution in [3.63, 3.8) is 0 Å². The van der Waals surface area contributed by atoms with E-state index in [0.717, 1.165) is 51.4 Å². The first-order valence-corrected chi connectivity index (χ1v) is 9.42. The van der Waals surface area contributed by atoms with Gasteiger partial charge in [-0.2, -0.15) is 0 Å². The number of unbranched alkanes of at least 4 members (excludes halogenated alkanes) is 1. The average molecular weight is 359 g/mol. The van der Waals surface area contributed by atoms with E-state index in [1.807, 2.05) is 0 Å². The minimum atomic E-state index is -0.981. The van der Waals surface area contributed by atoms with Gasteiger partial charge in [-0.1, -0.05) is 39.7 Å². The minimum Gasteiger partial charge on any atom is -0.459 e. The Morgan fingerprint density at radius 1 is 0.920 bits per heavy atom. The van der Waals surface area contributed by atoms with Crippen molar-refractivity contribution >= 4 is 5.97 Å². The lowest BCUT2D eigenvalue weighted by Gasteiger charge is -2.36. The van der Waals surface area contributed by atoms with E-state index in [-0.39, 0.29) is 18.0 Å². The van der Waals surface area contributed by atoms with E-state index in [4.69, 9.17) is 18.9 Å². The summed E-state index contributed by atoms with van der Waals surface area (Å²) >= 11 is 0. The van der Waals surface area contributed by atoms with Gasteiger partial charge in [0.05, 0.1) is 0 Å². The van der Waals surface area contributed by atoms with Gasteiger partial charge >= 0.3 is 5.97 Å². The van der Waals surface area contributed by atoms with Crippen LogP contribution in [0.3, 0.4) is 0 Å². The topological polar surface area (TPSA) is 54.0 Å². The molecule has 0 heterocycles. The third-order valence-corrected chi connectivity index (χ3v) is 4.55. The first-order valence-electron chi connectivity index (χ1n) is 9.42. The third kappa shape index (κ3) is 8.34. The number of carbonyl (C=O) groups is 1. The summed E-state index contributed by atoms with van der Waals surface area (Å²) in [6, 6.07) is 0. The summed E-state index contributed by atoms with van der Waals surface area (Å²) in [5.41, 5.74) is 0.453. The molecule has 0 spiro atoms. The van der Waals surface area contributed by atoms with Crippen molar-refractivity contribution in [1.29, 1.82) is 0 Å². The van der Waals surface area contributed by atoms with Gasteiger partial charge in [-0.25, -0.2) is 4.79 Å². The number of hydrogen-bond acceptors (Lipinski definition) is 5. The third-order valence-electron chi connectivity index (χ3n) is 4.55. The molecule has 0 saturated heterocycles. The van der Waals surface area contributed by atoms with Gasteiger partial charge in [-0.3, -0.25) is 0 Å². The van der Waals surface area contributed by atoms with Crippen molar-refractivity contribution in [2.75, 3.05) is 21.3 Å². The maximum atomic E-state index is 11.7. The number of rotatable bonds is 15. The van der Waals surface area contributed by atoms with Crippen LogP contribution in [0.25, 0.3) is 0 Å². The Balaban J connectivity index is 4.55. The highest BCUT2D eigenvalue weighted by molar-refractivity contribution is 5.87. The molecule has 25 heavy (non-hydrogen) atoms. The largest absolute Gasteiger partial charge is 0.459 e. The van der Waals surface area contributed by atoms with Gasteiger partial charge in [0.1, 0.15) is 6.10 Å². The Bertz CT molecular complexity index is 368. The van der Waals surface area contributed by atoms with Gasteiger partial charge in [0.2, 0.25) is 0 Å². The molecule has 0 aromatic heterocycles. The molecule has 148 valence electrons. The zero-order chi connectivity index (χ0) is 19.3. The van der Waals surface area contributed by atoms with E-state index >= 15 is 0 Å². The zero-order valence-corrected chi connectivity index (χ0v) is 17.1. The van der Waals surface area contributed by atoms with E-state index in [2.05, 4.69) is 20.4 Å². The fourth-order valence-corrected chi connectivity index (χ4v) is 3.20. The van der Waals surface area contributed by atoms with Crippen molar-refractivity contribution in [3.8, 4) is 0 Å². The quantitative estimate of drug-likeness (QED) is 0.181. The average Bonchev–Trinajstić information content (AvgIpc) is 2.60. The number of methoxy groups -OCH3 is 3. The van der Waals surface area contributed by atoms with Crippen LogP contribution in [0.1, 0.15) is 72.1 Å². The van der Waals surface area contributed by atoms with Crippen LogP contribution in [0, 0.1) is 5.92 Å². The predicted molar refractivity (Wildman–Crippen MR) is 100 cm³/mol. The summed E-state index contributed by atoms with van der Waals surface area (Å²) in [6.45, 7) is 9.57. The van der Waals surface area contributed by atoms with Crippen LogP contribution in [0.2, 0.25) is 0 Å². The van der Waals surface area contributed by atoms with E-state index in [0.29, 0.717) is 5.57 Å². The van der Waals surface area contributed by atoms with E-state index < -0.39 is 5.97 Å². The Morgan fingerprint density at radius 3 is 1.88 bits per heavy atom. The molecule has 0 rings (SSSR count). The number of hydrogen-bond donors (Lipinski definition) is 0. The highest BCUT2D eigenvalue weighted by atomic mass is 16.9. The molecule has 0 N–H and O–H groups in total. The van der Waals surface area contributed by atoms with E-state index in [9.17, 15) is 4.79 Å². The van der Waals surface area contributed by atoms with Gasteiger partial charge in [0.25, 0.3) is 5.97 Å². The first kappa shape index (κ1) is 24.1. The molecule has 5 nitrogen and oxygen atoms in total.